The van der Waals surface area contributed by atoms with Gasteiger partial charge in [-0.25, -0.2) is 4.90 Å². The van der Waals surface area contributed by atoms with Crippen LogP contribution >= 0.6 is 11.3 Å². The number of aromatic nitrogens is 1. The van der Waals surface area contributed by atoms with Gasteiger partial charge in [-0.2, -0.15) is 4.98 Å². The van der Waals surface area contributed by atoms with Gasteiger partial charge < -0.3 is 9.94 Å². The van der Waals surface area contributed by atoms with Gasteiger partial charge in [-0.05, 0) is 44.2 Å². The number of ether oxygens (including phenoxy) is 1. The lowest BCUT2D eigenvalue weighted by atomic mass is 10.1. The van der Waals surface area contributed by atoms with Crippen molar-refractivity contribution in [2.24, 2.45) is 0 Å². The lowest BCUT2D eigenvalue weighted by Gasteiger charge is -2.38. The molecule has 3 rings (SSSR count). The molecule has 210 valence electrons. The number of unbranched alkanes of at least 4 members (excludes halogenated alkanes) is 8. The Morgan fingerprint density at radius 2 is 1.92 bits per heavy atom. The van der Waals surface area contributed by atoms with Gasteiger partial charge >= 0.3 is 5.97 Å². The maximum atomic E-state index is 14.4. The minimum absolute atomic E-state index is 0.245. The third-order valence-electron chi connectivity index (χ3n) is 7.32. The molecule has 0 aliphatic carbocycles. The molecule has 1 aromatic heterocycles. The molecule has 0 saturated carbocycles. The first-order valence-electron chi connectivity index (χ1n) is 14.6. The molecule has 2 heterocycles. The first-order valence-corrected chi connectivity index (χ1v) is 15.4. The third kappa shape index (κ3) is 8.73. The van der Waals surface area contributed by atoms with E-state index < -0.39 is 10.9 Å². The molecular weight excluding hydrogens is 494 g/mol. The summed E-state index contributed by atoms with van der Waals surface area (Å²) in [5.74, 6) is -0.264. The van der Waals surface area contributed by atoms with E-state index in [-0.39, 0.29) is 12.6 Å². The van der Waals surface area contributed by atoms with Crippen LogP contribution in [0, 0.1) is 5.21 Å². The Bertz CT molecular complexity index is 1040. The van der Waals surface area contributed by atoms with E-state index >= 15 is 0 Å². The highest BCUT2D eigenvalue weighted by molar-refractivity contribution is 7.22. The van der Waals surface area contributed by atoms with Gasteiger partial charge in [0.2, 0.25) is 0 Å². The molecule has 1 aliphatic heterocycles. The van der Waals surface area contributed by atoms with Crippen LogP contribution in [-0.2, 0) is 16.0 Å². The molecular formula is C31H47N3O3S. The number of carbonyl (C=O) groups is 1. The van der Waals surface area contributed by atoms with Crippen LogP contribution in [0.1, 0.15) is 96.5 Å². The fraction of sp³-hybridized carbons (Fsp3) is 0.613. The molecule has 1 aromatic carbocycles. The summed E-state index contributed by atoms with van der Waals surface area (Å²) in [5.41, 5.74) is 2.01. The average molecular weight is 542 g/mol. The van der Waals surface area contributed by atoms with E-state index in [9.17, 15) is 10.0 Å². The first kappa shape index (κ1) is 30.5. The fourth-order valence-electron chi connectivity index (χ4n) is 5.10. The van der Waals surface area contributed by atoms with E-state index in [2.05, 4.69) is 30.5 Å². The van der Waals surface area contributed by atoms with Crippen molar-refractivity contribution in [1.29, 1.82) is 0 Å². The van der Waals surface area contributed by atoms with E-state index in [0.29, 0.717) is 18.1 Å². The van der Waals surface area contributed by atoms with Crippen molar-refractivity contribution in [1.82, 2.24) is 14.5 Å². The SMILES string of the molecule is C=CCCc1cccc2sc([N+]3([O-])CN(CCC=CC)CC3OC(=O)CCCCCCCCCCC)nc12. The number of aryl methyl sites for hydroxylation is 1. The maximum Gasteiger partial charge on any atom is 0.310 e. The first-order chi connectivity index (χ1) is 18.5. The third-order valence-corrected chi connectivity index (χ3v) is 8.45. The number of quaternary nitrogens is 1. The highest BCUT2D eigenvalue weighted by Gasteiger charge is 2.46. The van der Waals surface area contributed by atoms with Crippen molar-refractivity contribution in [2.75, 3.05) is 19.8 Å². The summed E-state index contributed by atoms with van der Waals surface area (Å²) in [6, 6.07) is 6.11. The second kappa shape index (κ2) is 16.1. The van der Waals surface area contributed by atoms with Crippen molar-refractivity contribution < 1.29 is 9.53 Å². The average Bonchev–Trinajstić information content (AvgIpc) is 3.49. The predicted molar refractivity (Wildman–Crippen MR) is 161 cm³/mol. The topological polar surface area (TPSA) is 65.5 Å². The predicted octanol–water partition coefficient (Wildman–Crippen LogP) is 8.25. The number of para-hydroxylation sites is 1. The molecule has 0 N–H and O–H groups in total. The van der Waals surface area contributed by atoms with Crippen LogP contribution in [0.15, 0.2) is 43.0 Å². The maximum absolute atomic E-state index is 14.4. The zero-order valence-corrected chi connectivity index (χ0v) is 24.4. The van der Waals surface area contributed by atoms with Crippen LogP contribution in [0.2, 0.25) is 0 Å². The van der Waals surface area contributed by atoms with E-state index in [1.54, 1.807) is 0 Å². The second-order valence-corrected chi connectivity index (χ2v) is 11.5. The van der Waals surface area contributed by atoms with E-state index in [0.717, 1.165) is 60.8 Å². The molecule has 1 aliphatic rings. The largest absolute Gasteiger partial charge is 0.622 e. The van der Waals surface area contributed by atoms with Crippen LogP contribution in [0.25, 0.3) is 10.2 Å². The summed E-state index contributed by atoms with van der Waals surface area (Å²) in [6.45, 7) is 9.51. The molecule has 7 heteroatoms. The van der Waals surface area contributed by atoms with Gasteiger partial charge in [0, 0.05) is 13.0 Å². The quantitative estimate of drug-likeness (QED) is 0.0625. The van der Waals surface area contributed by atoms with Crippen molar-refractivity contribution >= 4 is 32.7 Å². The van der Waals surface area contributed by atoms with Gasteiger partial charge in [0.05, 0.1) is 16.8 Å². The molecule has 0 amide bonds. The number of carbonyl (C=O) groups excluding carboxylic acids is 1. The van der Waals surface area contributed by atoms with E-state index in [1.165, 1.54) is 49.9 Å². The zero-order valence-electron chi connectivity index (χ0n) is 23.5. The molecule has 6 nitrogen and oxygen atoms in total. The standard InChI is InChI=1S/C31H47N3O3S/c1-4-7-10-11-12-13-14-15-16-22-29(35)37-28-24-33(23-17-8-5-2)25-34(28,36)31-32-30-26(19-9-6-3)20-18-21-27(30)38-31/h5-6,8,18,20-21,28H,3-4,7,9-17,19,22-25H2,1-2H3. The van der Waals surface area contributed by atoms with Crippen molar-refractivity contribution in [3.63, 3.8) is 0 Å². The van der Waals surface area contributed by atoms with Gasteiger partial charge in [0.1, 0.15) is 6.67 Å². The molecule has 2 unspecified atom stereocenters. The summed E-state index contributed by atoms with van der Waals surface area (Å²) in [4.78, 5) is 19.8. The normalized spacial score (nSPS) is 20.0. The van der Waals surface area contributed by atoms with Crippen molar-refractivity contribution in [2.45, 2.75) is 104 Å². The second-order valence-electron chi connectivity index (χ2n) is 10.5. The zero-order chi connectivity index (χ0) is 27.2. The smallest absolute Gasteiger partial charge is 0.310 e. The number of hydrogen-bond donors (Lipinski definition) is 0. The Morgan fingerprint density at radius 1 is 1.18 bits per heavy atom. The number of nitrogens with zero attached hydrogens (tertiary/aromatic N) is 3. The fourth-order valence-corrected chi connectivity index (χ4v) is 6.18. The van der Waals surface area contributed by atoms with Gasteiger partial charge in [0.25, 0.3) is 11.4 Å². The molecule has 0 radical (unpaired) electrons. The molecule has 2 aromatic rings. The van der Waals surface area contributed by atoms with E-state index in [1.807, 2.05) is 31.2 Å². The number of hydroxylamine groups is 2. The van der Waals surface area contributed by atoms with Crippen LogP contribution in [0.3, 0.4) is 0 Å². The summed E-state index contributed by atoms with van der Waals surface area (Å²) in [5, 5.41) is 14.8. The summed E-state index contributed by atoms with van der Waals surface area (Å²) < 4.78 is 6.17. The Morgan fingerprint density at radius 3 is 2.63 bits per heavy atom. The lowest BCUT2D eigenvalue weighted by Crippen LogP contribution is -2.50. The summed E-state index contributed by atoms with van der Waals surface area (Å²) in [6.07, 6.45) is 18.9. The highest BCUT2D eigenvalue weighted by atomic mass is 32.1. The number of rotatable bonds is 18. The van der Waals surface area contributed by atoms with Crippen LogP contribution in [0.4, 0.5) is 5.13 Å². The van der Waals surface area contributed by atoms with Crippen LogP contribution in [0.5, 0.6) is 0 Å². The highest BCUT2D eigenvalue weighted by Crippen LogP contribution is 2.39. The number of hydrogen-bond acceptors (Lipinski definition) is 6. The summed E-state index contributed by atoms with van der Waals surface area (Å²) >= 11 is 1.43. The molecule has 1 saturated heterocycles. The van der Waals surface area contributed by atoms with Crippen LogP contribution < -0.4 is 4.65 Å². The molecule has 2 atom stereocenters. The molecule has 0 spiro atoms. The monoisotopic (exact) mass is 541 g/mol. The molecule has 1 fully saturated rings. The Labute approximate surface area is 233 Å². The van der Waals surface area contributed by atoms with Gasteiger partial charge in [-0.3, -0.25) is 9.44 Å². The van der Waals surface area contributed by atoms with Crippen LogP contribution in [-0.4, -0.2) is 41.8 Å². The van der Waals surface area contributed by atoms with E-state index in [4.69, 9.17) is 9.72 Å². The minimum atomic E-state index is -0.788. The number of esters is 1. The number of allylic oxidation sites excluding steroid dienone is 2. The Hall–Kier alpha value is -2.06. The Balaban J connectivity index is 1.63. The summed E-state index contributed by atoms with van der Waals surface area (Å²) in [7, 11) is 0. The van der Waals surface area contributed by atoms with Crippen molar-refractivity contribution in [3.8, 4) is 0 Å². The Kier molecular flexibility index (Phi) is 12.9. The lowest BCUT2D eigenvalue weighted by molar-refractivity contribution is -0.153. The minimum Gasteiger partial charge on any atom is -0.622 e. The van der Waals surface area contributed by atoms with Gasteiger partial charge in [-0.15, -0.1) is 6.58 Å². The van der Waals surface area contributed by atoms with Crippen molar-refractivity contribution in [3.05, 3.63) is 53.8 Å². The van der Waals surface area contributed by atoms with Gasteiger partial charge in [0.15, 0.2) is 0 Å². The van der Waals surface area contributed by atoms with Gasteiger partial charge in [-0.1, -0.05) is 100.0 Å². The number of benzene rings is 1. The molecule has 38 heavy (non-hydrogen) atoms. The number of thiazole rings is 1. The number of fused-ring (bicyclic) bond motifs is 1. The molecule has 0 bridgehead atoms.